The highest BCUT2D eigenvalue weighted by molar-refractivity contribution is 5.99. The predicted octanol–water partition coefficient (Wildman–Crippen LogP) is 1.36. The number of amides is 1. The molecule has 1 aromatic carbocycles. The van der Waals surface area contributed by atoms with Gasteiger partial charge >= 0.3 is 0 Å². The summed E-state index contributed by atoms with van der Waals surface area (Å²) in [6, 6.07) is 2.53. The van der Waals surface area contributed by atoms with E-state index in [0.29, 0.717) is 13.2 Å². The number of methoxy groups -OCH3 is 3. The van der Waals surface area contributed by atoms with Gasteiger partial charge in [0, 0.05) is 25.1 Å². The molecule has 1 aromatic rings. The Bertz CT molecular complexity index is 653. The number of carbonyl (C=O) groups excluding carboxylic acids is 1. The Hall–Kier alpha value is -2.39. The van der Waals surface area contributed by atoms with Crippen LogP contribution >= 0.6 is 0 Å². The Morgan fingerprint density at radius 1 is 1.23 bits per heavy atom. The summed E-state index contributed by atoms with van der Waals surface area (Å²) in [6.45, 7) is 2.58. The minimum Gasteiger partial charge on any atom is -0.493 e. The number of hydrogen-bond donors (Lipinski definition) is 2. The molecule has 0 aromatic heterocycles. The van der Waals surface area contributed by atoms with Gasteiger partial charge in [0.2, 0.25) is 0 Å². The molecule has 1 amide bonds. The van der Waals surface area contributed by atoms with Crippen molar-refractivity contribution in [3.63, 3.8) is 0 Å². The van der Waals surface area contributed by atoms with Crippen molar-refractivity contribution in [2.75, 3.05) is 47.6 Å². The smallest absolute Gasteiger partial charge is 0.286 e. The lowest BCUT2D eigenvalue weighted by Gasteiger charge is -2.37. The SMILES string of the molecule is COCC1(CNC(=O)c2cc(OC)c(OC)cc2[N+](=O)[O-])CCNCC1. The van der Waals surface area contributed by atoms with E-state index in [1.165, 1.54) is 26.4 Å². The number of piperidine rings is 1. The number of hydrogen-bond acceptors (Lipinski definition) is 7. The highest BCUT2D eigenvalue weighted by Gasteiger charge is 2.33. The highest BCUT2D eigenvalue weighted by Crippen LogP contribution is 2.35. The van der Waals surface area contributed by atoms with E-state index in [0.717, 1.165) is 25.9 Å². The number of nitrogens with zero attached hydrogens (tertiary/aromatic N) is 1. The minimum absolute atomic E-state index is 0.0610. The van der Waals surface area contributed by atoms with Gasteiger partial charge in [-0.3, -0.25) is 14.9 Å². The first kappa shape index (κ1) is 19.9. The fourth-order valence-corrected chi connectivity index (χ4v) is 3.20. The molecule has 1 aliphatic rings. The van der Waals surface area contributed by atoms with Gasteiger partial charge in [-0.15, -0.1) is 0 Å². The second-order valence-corrected chi connectivity index (χ2v) is 6.35. The third-order valence-corrected chi connectivity index (χ3v) is 4.68. The van der Waals surface area contributed by atoms with Crippen molar-refractivity contribution in [1.82, 2.24) is 10.6 Å². The van der Waals surface area contributed by atoms with E-state index in [4.69, 9.17) is 14.2 Å². The monoisotopic (exact) mass is 367 g/mol. The van der Waals surface area contributed by atoms with Gasteiger partial charge in [-0.2, -0.15) is 0 Å². The van der Waals surface area contributed by atoms with Crippen LogP contribution in [0.15, 0.2) is 12.1 Å². The Balaban J connectivity index is 2.23. The number of ether oxygens (including phenoxy) is 3. The van der Waals surface area contributed by atoms with Crippen LogP contribution in [0.4, 0.5) is 5.69 Å². The number of nitro benzene ring substituents is 1. The van der Waals surface area contributed by atoms with Gasteiger partial charge in [0.25, 0.3) is 11.6 Å². The molecule has 1 heterocycles. The van der Waals surface area contributed by atoms with Crippen molar-refractivity contribution in [2.24, 2.45) is 5.41 Å². The van der Waals surface area contributed by atoms with Crippen molar-refractivity contribution < 1.29 is 23.9 Å². The van der Waals surface area contributed by atoms with Gasteiger partial charge in [-0.25, -0.2) is 0 Å². The number of nitrogens with one attached hydrogen (secondary N) is 2. The first-order chi connectivity index (χ1) is 12.5. The molecule has 1 aliphatic heterocycles. The van der Waals surface area contributed by atoms with Gasteiger partial charge in [-0.1, -0.05) is 0 Å². The van der Waals surface area contributed by atoms with Crippen LogP contribution in [-0.4, -0.2) is 58.4 Å². The number of nitro groups is 1. The molecule has 2 N–H and O–H groups in total. The summed E-state index contributed by atoms with van der Waals surface area (Å²) in [5, 5.41) is 17.5. The standard InChI is InChI=1S/C17H25N3O6/c1-24-11-17(4-6-18-7-5-17)10-19-16(21)12-8-14(25-2)15(26-3)9-13(12)20(22)23/h8-9,18H,4-7,10-11H2,1-3H3,(H,19,21). The zero-order chi connectivity index (χ0) is 19.2. The third-order valence-electron chi connectivity index (χ3n) is 4.68. The third kappa shape index (κ3) is 4.41. The van der Waals surface area contributed by atoms with Crippen LogP contribution in [0.3, 0.4) is 0 Å². The zero-order valence-corrected chi connectivity index (χ0v) is 15.3. The number of benzene rings is 1. The summed E-state index contributed by atoms with van der Waals surface area (Å²) in [6.07, 6.45) is 1.71. The maximum absolute atomic E-state index is 12.7. The zero-order valence-electron chi connectivity index (χ0n) is 15.3. The second kappa shape index (κ2) is 8.81. The molecular weight excluding hydrogens is 342 g/mol. The molecule has 0 bridgehead atoms. The van der Waals surface area contributed by atoms with Crippen LogP contribution in [-0.2, 0) is 4.74 Å². The highest BCUT2D eigenvalue weighted by atomic mass is 16.6. The van der Waals surface area contributed by atoms with E-state index in [1.54, 1.807) is 7.11 Å². The maximum atomic E-state index is 12.7. The van der Waals surface area contributed by atoms with Crippen molar-refractivity contribution in [3.8, 4) is 11.5 Å². The van der Waals surface area contributed by atoms with E-state index in [-0.39, 0.29) is 28.2 Å². The lowest BCUT2D eigenvalue weighted by Crippen LogP contribution is -2.47. The van der Waals surface area contributed by atoms with Gasteiger partial charge in [0.15, 0.2) is 11.5 Å². The molecule has 0 saturated carbocycles. The molecule has 1 saturated heterocycles. The molecular formula is C17H25N3O6. The van der Waals surface area contributed by atoms with Gasteiger partial charge in [0.1, 0.15) is 5.56 Å². The van der Waals surface area contributed by atoms with Crippen molar-refractivity contribution in [3.05, 3.63) is 27.8 Å². The summed E-state index contributed by atoms with van der Waals surface area (Å²) in [5.74, 6) is -0.0617. The van der Waals surface area contributed by atoms with Gasteiger partial charge < -0.3 is 24.8 Å². The molecule has 26 heavy (non-hydrogen) atoms. The van der Waals surface area contributed by atoms with Crippen LogP contribution in [0.2, 0.25) is 0 Å². The summed E-state index contributed by atoms with van der Waals surface area (Å²) in [7, 11) is 4.42. The maximum Gasteiger partial charge on any atom is 0.286 e. The Kier molecular flexibility index (Phi) is 6.76. The second-order valence-electron chi connectivity index (χ2n) is 6.35. The summed E-state index contributed by atoms with van der Waals surface area (Å²) in [4.78, 5) is 23.4. The molecule has 2 rings (SSSR count). The Labute approximate surface area is 152 Å². The largest absolute Gasteiger partial charge is 0.493 e. The molecule has 0 radical (unpaired) electrons. The van der Waals surface area contributed by atoms with Crippen LogP contribution in [0.5, 0.6) is 11.5 Å². The molecule has 0 unspecified atom stereocenters. The number of rotatable bonds is 8. The topological polar surface area (TPSA) is 112 Å². The van der Waals surface area contributed by atoms with E-state index in [9.17, 15) is 14.9 Å². The molecule has 9 heteroatoms. The van der Waals surface area contributed by atoms with Gasteiger partial charge in [-0.05, 0) is 25.9 Å². The average molecular weight is 367 g/mol. The van der Waals surface area contributed by atoms with Gasteiger partial charge in [0.05, 0.1) is 31.8 Å². The first-order valence-corrected chi connectivity index (χ1v) is 8.34. The predicted molar refractivity (Wildman–Crippen MR) is 94.9 cm³/mol. The quantitative estimate of drug-likeness (QED) is 0.527. The molecule has 9 nitrogen and oxygen atoms in total. The minimum atomic E-state index is -0.605. The van der Waals surface area contributed by atoms with Crippen LogP contribution in [0.1, 0.15) is 23.2 Å². The van der Waals surface area contributed by atoms with Crippen molar-refractivity contribution in [1.29, 1.82) is 0 Å². The van der Waals surface area contributed by atoms with Crippen molar-refractivity contribution >= 4 is 11.6 Å². The van der Waals surface area contributed by atoms with E-state index in [1.807, 2.05) is 0 Å². The lowest BCUT2D eigenvalue weighted by molar-refractivity contribution is -0.385. The summed E-state index contributed by atoms with van der Waals surface area (Å²) in [5.41, 5.74) is -0.568. The first-order valence-electron chi connectivity index (χ1n) is 8.34. The van der Waals surface area contributed by atoms with Crippen LogP contribution in [0, 0.1) is 15.5 Å². The molecule has 0 atom stereocenters. The Morgan fingerprint density at radius 2 is 1.85 bits per heavy atom. The molecule has 144 valence electrons. The molecule has 0 spiro atoms. The van der Waals surface area contributed by atoms with E-state index >= 15 is 0 Å². The van der Waals surface area contributed by atoms with Crippen LogP contribution in [0.25, 0.3) is 0 Å². The van der Waals surface area contributed by atoms with Crippen molar-refractivity contribution in [2.45, 2.75) is 12.8 Å². The average Bonchev–Trinajstić information content (AvgIpc) is 2.65. The lowest BCUT2D eigenvalue weighted by atomic mass is 9.79. The fraction of sp³-hybridized carbons (Fsp3) is 0.588. The molecule has 1 fully saturated rings. The normalized spacial score (nSPS) is 16.0. The fourth-order valence-electron chi connectivity index (χ4n) is 3.20. The van der Waals surface area contributed by atoms with E-state index < -0.39 is 10.8 Å². The Morgan fingerprint density at radius 3 is 2.38 bits per heavy atom. The number of carbonyl (C=O) groups is 1. The van der Waals surface area contributed by atoms with E-state index in [2.05, 4.69) is 10.6 Å². The van der Waals surface area contributed by atoms with Crippen LogP contribution < -0.4 is 20.1 Å². The molecule has 0 aliphatic carbocycles. The summed E-state index contributed by atoms with van der Waals surface area (Å²) >= 11 is 0. The summed E-state index contributed by atoms with van der Waals surface area (Å²) < 4.78 is 15.6.